The Hall–Kier alpha value is -1.13. The average Bonchev–Trinajstić information content (AvgIpc) is 2.43. The molecule has 1 saturated heterocycles. The zero-order valence-corrected chi connectivity index (χ0v) is 9.35. The number of pyridine rings is 1. The molecule has 0 spiro atoms. The van der Waals surface area contributed by atoms with Gasteiger partial charge in [0.05, 0.1) is 5.60 Å². The summed E-state index contributed by atoms with van der Waals surface area (Å²) in [6, 6.07) is 3.73. The molecule has 0 saturated carbocycles. The first-order valence-corrected chi connectivity index (χ1v) is 5.69. The van der Waals surface area contributed by atoms with Crippen LogP contribution in [-0.4, -0.2) is 28.9 Å². The van der Waals surface area contributed by atoms with E-state index in [1.807, 2.05) is 12.1 Å². The third-order valence-corrected chi connectivity index (χ3v) is 3.02. The van der Waals surface area contributed by atoms with Gasteiger partial charge in [-0.15, -0.1) is 0 Å². The SMILES string of the molecule is Nc1cc(CC2(O)CCCOCC2)ccn1. The van der Waals surface area contributed by atoms with Crippen molar-refractivity contribution >= 4 is 5.82 Å². The monoisotopic (exact) mass is 222 g/mol. The van der Waals surface area contributed by atoms with Gasteiger partial charge in [0.2, 0.25) is 0 Å². The third-order valence-electron chi connectivity index (χ3n) is 3.02. The van der Waals surface area contributed by atoms with E-state index in [4.69, 9.17) is 10.5 Å². The molecule has 0 aromatic carbocycles. The highest BCUT2D eigenvalue weighted by Gasteiger charge is 2.28. The summed E-state index contributed by atoms with van der Waals surface area (Å²) in [5, 5.41) is 10.5. The first-order valence-electron chi connectivity index (χ1n) is 5.69. The molecule has 3 N–H and O–H groups in total. The fraction of sp³-hybridized carbons (Fsp3) is 0.583. The first kappa shape index (κ1) is 11.4. The highest BCUT2D eigenvalue weighted by atomic mass is 16.5. The van der Waals surface area contributed by atoms with Gasteiger partial charge in [0.15, 0.2) is 0 Å². The first-order chi connectivity index (χ1) is 7.68. The van der Waals surface area contributed by atoms with Crippen LogP contribution < -0.4 is 5.73 Å². The normalized spacial score (nSPS) is 26.3. The number of nitrogens with two attached hydrogens (primary N) is 1. The lowest BCUT2D eigenvalue weighted by molar-refractivity contribution is 0.0189. The molecule has 4 nitrogen and oxygen atoms in total. The van der Waals surface area contributed by atoms with Gasteiger partial charge in [0, 0.05) is 25.8 Å². The van der Waals surface area contributed by atoms with Crippen LogP contribution >= 0.6 is 0 Å². The van der Waals surface area contributed by atoms with E-state index in [1.165, 1.54) is 0 Å². The van der Waals surface area contributed by atoms with Crippen LogP contribution in [0.2, 0.25) is 0 Å². The second-order valence-corrected chi connectivity index (χ2v) is 4.46. The maximum absolute atomic E-state index is 10.5. The minimum atomic E-state index is -0.649. The van der Waals surface area contributed by atoms with E-state index in [0.717, 1.165) is 25.0 Å². The van der Waals surface area contributed by atoms with Crippen LogP contribution in [0.1, 0.15) is 24.8 Å². The second kappa shape index (κ2) is 4.80. The predicted octanol–water partition coefficient (Wildman–Crippen LogP) is 1.14. The summed E-state index contributed by atoms with van der Waals surface area (Å²) < 4.78 is 5.35. The maximum Gasteiger partial charge on any atom is 0.123 e. The van der Waals surface area contributed by atoms with Crippen LogP contribution in [0.3, 0.4) is 0 Å². The summed E-state index contributed by atoms with van der Waals surface area (Å²) in [6.45, 7) is 1.39. The van der Waals surface area contributed by atoms with Crippen LogP contribution in [0.25, 0.3) is 0 Å². The molecule has 16 heavy (non-hydrogen) atoms. The number of ether oxygens (including phenoxy) is 1. The zero-order valence-electron chi connectivity index (χ0n) is 9.35. The van der Waals surface area contributed by atoms with Gasteiger partial charge < -0.3 is 15.6 Å². The number of aliphatic hydroxyl groups is 1. The predicted molar refractivity (Wildman–Crippen MR) is 62.0 cm³/mol. The minimum Gasteiger partial charge on any atom is -0.389 e. The molecule has 1 aromatic rings. The van der Waals surface area contributed by atoms with Gasteiger partial charge in [-0.05, 0) is 37.0 Å². The number of rotatable bonds is 2. The van der Waals surface area contributed by atoms with Crippen molar-refractivity contribution in [3.63, 3.8) is 0 Å². The minimum absolute atomic E-state index is 0.506. The van der Waals surface area contributed by atoms with E-state index >= 15 is 0 Å². The standard InChI is InChI=1S/C12H18N2O2/c13-11-8-10(2-5-14-11)9-12(15)3-1-6-16-7-4-12/h2,5,8,15H,1,3-4,6-7,9H2,(H2,13,14). The highest BCUT2D eigenvalue weighted by molar-refractivity contribution is 5.32. The smallest absolute Gasteiger partial charge is 0.123 e. The molecular weight excluding hydrogens is 204 g/mol. The maximum atomic E-state index is 10.5. The Bertz CT molecular complexity index is 347. The van der Waals surface area contributed by atoms with Crippen molar-refractivity contribution in [1.29, 1.82) is 0 Å². The van der Waals surface area contributed by atoms with Gasteiger partial charge >= 0.3 is 0 Å². The number of hydrogen-bond acceptors (Lipinski definition) is 4. The highest BCUT2D eigenvalue weighted by Crippen LogP contribution is 2.25. The van der Waals surface area contributed by atoms with E-state index in [0.29, 0.717) is 25.3 Å². The van der Waals surface area contributed by atoms with Gasteiger partial charge in [-0.2, -0.15) is 0 Å². The van der Waals surface area contributed by atoms with Gasteiger partial charge in [-0.3, -0.25) is 0 Å². The molecule has 2 heterocycles. The van der Waals surface area contributed by atoms with E-state index < -0.39 is 5.60 Å². The van der Waals surface area contributed by atoms with Crippen molar-refractivity contribution in [1.82, 2.24) is 4.98 Å². The van der Waals surface area contributed by atoms with Crippen LogP contribution in [-0.2, 0) is 11.2 Å². The molecule has 1 aliphatic heterocycles. The average molecular weight is 222 g/mol. The van der Waals surface area contributed by atoms with Crippen LogP contribution in [0, 0.1) is 0 Å². The summed E-state index contributed by atoms with van der Waals surface area (Å²) in [6.07, 6.45) is 4.70. The molecule has 0 radical (unpaired) electrons. The number of nitrogens with zero attached hydrogens (tertiary/aromatic N) is 1. The summed E-state index contributed by atoms with van der Waals surface area (Å²) in [5.41, 5.74) is 6.01. The molecule has 1 unspecified atom stereocenters. The van der Waals surface area contributed by atoms with Gasteiger partial charge in [-0.25, -0.2) is 4.98 Å². The molecule has 1 aromatic heterocycles. The Labute approximate surface area is 95.4 Å². The molecule has 0 aliphatic carbocycles. The Morgan fingerprint density at radius 3 is 3.12 bits per heavy atom. The van der Waals surface area contributed by atoms with Crippen molar-refractivity contribution in [2.75, 3.05) is 18.9 Å². The second-order valence-electron chi connectivity index (χ2n) is 4.46. The summed E-state index contributed by atoms with van der Waals surface area (Å²) >= 11 is 0. The Kier molecular flexibility index (Phi) is 3.41. The van der Waals surface area contributed by atoms with Crippen molar-refractivity contribution < 1.29 is 9.84 Å². The number of aromatic nitrogens is 1. The molecule has 1 aliphatic rings. The lowest BCUT2D eigenvalue weighted by Gasteiger charge is -2.26. The van der Waals surface area contributed by atoms with Crippen molar-refractivity contribution in [3.8, 4) is 0 Å². The molecule has 0 bridgehead atoms. The number of anilines is 1. The van der Waals surface area contributed by atoms with Crippen molar-refractivity contribution in [2.24, 2.45) is 0 Å². The lowest BCUT2D eigenvalue weighted by atomic mass is 9.88. The number of hydrogen-bond donors (Lipinski definition) is 2. The molecule has 2 rings (SSSR count). The fourth-order valence-electron chi connectivity index (χ4n) is 2.15. The third kappa shape index (κ3) is 2.93. The van der Waals surface area contributed by atoms with Crippen LogP contribution in [0.15, 0.2) is 18.3 Å². The van der Waals surface area contributed by atoms with Crippen LogP contribution in [0.4, 0.5) is 5.82 Å². The van der Waals surface area contributed by atoms with Gasteiger partial charge in [0.25, 0.3) is 0 Å². The fourth-order valence-corrected chi connectivity index (χ4v) is 2.15. The zero-order chi connectivity index (χ0) is 11.4. The van der Waals surface area contributed by atoms with E-state index in [1.54, 1.807) is 6.20 Å². The quantitative estimate of drug-likeness (QED) is 0.787. The summed E-state index contributed by atoms with van der Waals surface area (Å²) in [7, 11) is 0. The molecule has 0 amide bonds. The summed E-state index contributed by atoms with van der Waals surface area (Å²) in [5.74, 6) is 0.506. The molecular formula is C12H18N2O2. The van der Waals surface area contributed by atoms with Crippen molar-refractivity contribution in [3.05, 3.63) is 23.9 Å². The Morgan fingerprint density at radius 2 is 2.31 bits per heavy atom. The van der Waals surface area contributed by atoms with Crippen LogP contribution in [0.5, 0.6) is 0 Å². The molecule has 1 fully saturated rings. The van der Waals surface area contributed by atoms with E-state index in [9.17, 15) is 5.11 Å². The van der Waals surface area contributed by atoms with E-state index in [2.05, 4.69) is 4.98 Å². The summed E-state index contributed by atoms with van der Waals surface area (Å²) in [4.78, 5) is 3.95. The lowest BCUT2D eigenvalue weighted by Crippen LogP contribution is -2.31. The topological polar surface area (TPSA) is 68.4 Å². The molecule has 88 valence electrons. The molecule has 4 heteroatoms. The van der Waals surface area contributed by atoms with Crippen molar-refractivity contribution in [2.45, 2.75) is 31.3 Å². The molecule has 1 atom stereocenters. The van der Waals surface area contributed by atoms with Gasteiger partial charge in [-0.1, -0.05) is 0 Å². The largest absolute Gasteiger partial charge is 0.389 e. The van der Waals surface area contributed by atoms with E-state index in [-0.39, 0.29) is 0 Å². The number of nitrogen functional groups attached to an aromatic ring is 1. The Balaban J connectivity index is 2.06. The van der Waals surface area contributed by atoms with Gasteiger partial charge in [0.1, 0.15) is 5.82 Å². The Morgan fingerprint density at radius 1 is 1.44 bits per heavy atom.